The van der Waals surface area contributed by atoms with Gasteiger partial charge in [-0.25, -0.2) is 9.78 Å². The molecule has 154 valence electrons. The second kappa shape index (κ2) is 9.36. The lowest BCUT2D eigenvalue weighted by Crippen LogP contribution is -2.26. The quantitative estimate of drug-likeness (QED) is 0.552. The zero-order valence-electron chi connectivity index (χ0n) is 16.8. The van der Waals surface area contributed by atoms with Crippen LogP contribution in [0.2, 0.25) is 0 Å². The number of anilines is 1. The Labute approximate surface area is 169 Å². The normalized spacial score (nSPS) is 12.8. The van der Waals surface area contributed by atoms with E-state index in [4.69, 9.17) is 4.74 Å². The van der Waals surface area contributed by atoms with E-state index < -0.39 is 11.9 Å². The van der Waals surface area contributed by atoms with Crippen molar-refractivity contribution in [2.75, 3.05) is 19.0 Å². The molecule has 0 aliphatic carbocycles. The van der Waals surface area contributed by atoms with Crippen LogP contribution in [0.15, 0.2) is 24.3 Å². The molecule has 29 heavy (non-hydrogen) atoms. The monoisotopic (exact) mass is 398 g/mol. The number of hydrogen-bond donors (Lipinski definition) is 2. The lowest BCUT2D eigenvalue weighted by Gasteiger charge is -2.17. The van der Waals surface area contributed by atoms with Gasteiger partial charge >= 0.3 is 5.97 Å². The van der Waals surface area contributed by atoms with Crippen molar-refractivity contribution >= 4 is 23.5 Å². The number of amides is 2. The smallest absolute Gasteiger partial charge is 0.337 e. The first kappa shape index (κ1) is 20.6. The van der Waals surface area contributed by atoms with E-state index in [1.807, 2.05) is 4.57 Å². The van der Waals surface area contributed by atoms with Crippen molar-refractivity contribution in [3.8, 4) is 0 Å². The van der Waals surface area contributed by atoms with E-state index in [9.17, 15) is 14.4 Å². The first-order valence-electron chi connectivity index (χ1n) is 9.92. The third-order valence-corrected chi connectivity index (χ3v) is 4.89. The molecule has 2 N–H and O–H groups in total. The molecular weight excluding hydrogens is 372 g/mol. The van der Waals surface area contributed by atoms with Crippen LogP contribution in [-0.4, -0.2) is 41.0 Å². The Morgan fingerprint density at radius 1 is 1.21 bits per heavy atom. The summed E-state index contributed by atoms with van der Waals surface area (Å²) < 4.78 is 6.54. The molecule has 2 heterocycles. The number of carbonyl (C=O) groups is 3. The molecule has 2 amide bonds. The van der Waals surface area contributed by atoms with Gasteiger partial charge in [0.25, 0.3) is 11.8 Å². The number of rotatable bonds is 7. The Kier molecular flexibility index (Phi) is 6.64. The zero-order chi connectivity index (χ0) is 20.8. The van der Waals surface area contributed by atoms with Crippen LogP contribution < -0.4 is 10.6 Å². The van der Waals surface area contributed by atoms with Gasteiger partial charge in [0.05, 0.1) is 18.4 Å². The van der Waals surface area contributed by atoms with Gasteiger partial charge in [0.2, 0.25) is 0 Å². The standard InChI is InChI=1S/C21H26N4O4/c1-3-4-11-22-19(26)17-16-10-5-6-12-25(16)18(24-17)20(27)23-15-9-7-8-14(13-15)21(28)29-2/h7-9,13H,3-6,10-12H2,1-2H3,(H,22,26)(H,23,27). The van der Waals surface area contributed by atoms with Crippen molar-refractivity contribution in [1.29, 1.82) is 0 Å². The van der Waals surface area contributed by atoms with Crippen molar-refractivity contribution < 1.29 is 19.1 Å². The van der Waals surface area contributed by atoms with Gasteiger partial charge < -0.3 is 19.9 Å². The average molecular weight is 398 g/mol. The second-order valence-electron chi connectivity index (χ2n) is 6.98. The number of methoxy groups -OCH3 is 1. The number of imidazole rings is 1. The molecule has 0 atom stereocenters. The number of esters is 1. The molecule has 8 nitrogen and oxygen atoms in total. The number of nitrogens with zero attached hydrogens (tertiary/aromatic N) is 2. The van der Waals surface area contributed by atoms with Crippen molar-refractivity contribution in [3.05, 3.63) is 47.0 Å². The summed E-state index contributed by atoms with van der Waals surface area (Å²) in [7, 11) is 1.30. The van der Waals surface area contributed by atoms with Gasteiger partial charge in [-0.3, -0.25) is 9.59 Å². The molecule has 0 bridgehead atoms. The van der Waals surface area contributed by atoms with E-state index >= 15 is 0 Å². The fourth-order valence-corrected chi connectivity index (χ4v) is 3.39. The summed E-state index contributed by atoms with van der Waals surface area (Å²) in [6.07, 6.45) is 4.49. The molecule has 0 saturated carbocycles. The van der Waals surface area contributed by atoms with Crippen LogP contribution in [0.4, 0.5) is 5.69 Å². The Hall–Kier alpha value is -3.16. The predicted octanol–water partition coefficient (Wildman–Crippen LogP) is 2.79. The summed E-state index contributed by atoms with van der Waals surface area (Å²) in [6, 6.07) is 6.50. The summed E-state index contributed by atoms with van der Waals surface area (Å²) in [5, 5.41) is 5.65. The molecule has 1 aromatic carbocycles. The molecule has 0 saturated heterocycles. The minimum absolute atomic E-state index is 0.212. The van der Waals surface area contributed by atoms with Gasteiger partial charge in [0.15, 0.2) is 5.82 Å². The van der Waals surface area contributed by atoms with Crippen LogP contribution >= 0.6 is 0 Å². The molecule has 1 aromatic heterocycles. The van der Waals surface area contributed by atoms with Crippen LogP contribution in [-0.2, 0) is 17.7 Å². The average Bonchev–Trinajstić information content (AvgIpc) is 3.13. The number of unbranched alkanes of at least 4 members (excludes halogenated alkanes) is 1. The van der Waals surface area contributed by atoms with E-state index in [2.05, 4.69) is 22.5 Å². The van der Waals surface area contributed by atoms with Crippen LogP contribution in [0, 0.1) is 0 Å². The molecule has 1 aliphatic rings. The fourth-order valence-electron chi connectivity index (χ4n) is 3.39. The topological polar surface area (TPSA) is 102 Å². The lowest BCUT2D eigenvalue weighted by molar-refractivity contribution is 0.0600. The summed E-state index contributed by atoms with van der Waals surface area (Å²) in [5.74, 6) is -0.923. The number of nitrogens with one attached hydrogen (secondary N) is 2. The van der Waals surface area contributed by atoms with E-state index in [-0.39, 0.29) is 11.7 Å². The van der Waals surface area contributed by atoms with Crippen LogP contribution in [0.25, 0.3) is 0 Å². The van der Waals surface area contributed by atoms with E-state index in [0.29, 0.717) is 36.5 Å². The molecule has 0 spiro atoms. The Morgan fingerprint density at radius 2 is 2.03 bits per heavy atom. The highest BCUT2D eigenvalue weighted by Crippen LogP contribution is 2.22. The van der Waals surface area contributed by atoms with Gasteiger partial charge in [-0.2, -0.15) is 0 Å². The van der Waals surface area contributed by atoms with Crippen molar-refractivity contribution in [2.45, 2.75) is 45.6 Å². The third-order valence-electron chi connectivity index (χ3n) is 4.89. The third kappa shape index (κ3) is 4.64. The SMILES string of the molecule is CCCCNC(=O)c1nc(C(=O)Nc2cccc(C(=O)OC)c2)n2c1CCCC2. The Morgan fingerprint density at radius 3 is 2.79 bits per heavy atom. The van der Waals surface area contributed by atoms with Crippen LogP contribution in [0.3, 0.4) is 0 Å². The Bertz CT molecular complexity index is 919. The summed E-state index contributed by atoms with van der Waals surface area (Å²) >= 11 is 0. The number of fused-ring (bicyclic) bond motifs is 1. The maximum Gasteiger partial charge on any atom is 0.337 e. The van der Waals surface area contributed by atoms with Crippen molar-refractivity contribution in [2.24, 2.45) is 0 Å². The summed E-state index contributed by atoms with van der Waals surface area (Å²) in [4.78, 5) is 41.6. The molecular formula is C21H26N4O4. The van der Waals surface area contributed by atoms with Crippen molar-refractivity contribution in [3.63, 3.8) is 0 Å². The van der Waals surface area contributed by atoms with Crippen LogP contribution in [0.5, 0.6) is 0 Å². The van der Waals surface area contributed by atoms with E-state index in [1.165, 1.54) is 7.11 Å². The van der Waals surface area contributed by atoms with E-state index in [0.717, 1.165) is 31.4 Å². The number of aromatic nitrogens is 2. The number of benzene rings is 1. The number of ether oxygens (including phenoxy) is 1. The van der Waals surface area contributed by atoms with Gasteiger partial charge in [0.1, 0.15) is 5.69 Å². The Balaban J connectivity index is 1.83. The molecule has 2 aromatic rings. The largest absolute Gasteiger partial charge is 0.465 e. The van der Waals surface area contributed by atoms with Crippen molar-refractivity contribution in [1.82, 2.24) is 14.9 Å². The minimum Gasteiger partial charge on any atom is -0.465 e. The molecule has 0 unspecified atom stereocenters. The first-order chi connectivity index (χ1) is 14.0. The minimum atomic E-state index is -0.481. The van der Waals surface area contributed by atoms with Gasteiger partial charge in [-0.1, -0.05) is 19.4 Å². The summed E-state index contributed by atoms with van der Waals surface area (Å²) in [6.45, 7) is 3.29. The highest BCUT2D eigenvalue weighted by molar-refractivity contribution is 6.04. The number of carbonyl (C=O) groups excluding carboxylic acids is 3. The van der Waals surface area contributed by atoms with Crippen LogP contribution in [0.1, 0.15) is 69.8 Å². The van der Waals surface area contributed by atoms with Gasteiger partial charge in [-0.15, -0.1) is 0 Å². The van der Waals surface area contributed by atoms with Gasteiger partial charge in [0, 0.05) is 18.8 Å². The maximum atomic E-state index is 12.9. The maximum absolute atomic E-state index is 12.9. The highest BCUT2D eigenvalue weighted by Gasteiger charge is 2.27. The highest BCUT2D eigenvalue weighted by atomic mass is 16.5. The lowest BCUT2D eigenvalue weighted by atomic mass is 10.1. The first-order valence-corrected chi connectivity index (χ1v) is 9.92. The fraction of sp³-hybridized carbons (Fsp3) is 0.429. The number of hydrogen-bond acceptors (Lipinski definition) is 5. The molecule has 1 aliphatic heterocycles. The summed E-state index contributed by atoms with van der Waals surface area (Å²) in [5.41, 5.74) is 1.93. The molecule has 8 heteroatoms. The van der Waals surface area contributed by atoms with Gasteiger partial charge in [-0.05, 0) is 43.9 Å². The zero-order valence-corrected chi connectivity index (χ0v) is 16.8. The predicted molar refractivity (Wildman–Crippen MR) is 108 cm³/mol. The molecule has 0 fully saturated rings. The second-order valence-corrected chi connectivity index (χ2v) is 6.98. The van der Waals surface area contributed by atoms with E-state index in [1.54, 1.807) is 24.3 Å². The molecule has 3 rings (SSSR count). The molecule has 0 radical (unpaired) electrons.